The summed E-state index contributed by atoms with van der Waals surface area (Å²) in [4.78, 5) is 23.5. The lowest BCUT2D eigenvalue weighted by Crippen LogP contribution is -2.50. The molecule has 6 heteroatoms. The van der Waals surface area contributed by atoms with Gasteiger partial charge in [-0.05, 0) is 12.8 Å². The monoisotopic (exact) mass is 244 g/mol. The van der Waals surface area contributed by atoms with Crippen LogP contribution in [0.3, 0.4) is 0 Å². The third-order valence-corrected chi connectivity index (χ3v) is 3.13. The zero-order valence-corrected chi connectivity index (χ0v) is 10.1. The van der Waals surface area contributed by atoms with Crippen LogP contribution in [0.4, 0.5) is 4.79 Å². The summed E-state index contributed by atoms with van der Waals surface area (Å²) in [5, 5.41) is 20.8. The standard InChI is InChI=1S/C11H20N2O4/c1-13(8-4-2-3-5-9(8)14)11(17)12-7-6-10(15)16/h8-9,14H,2-7H2,1H3,(H,12,17)(H,15,16). The van der Waals surface area contributed by atoms with E-state index in [1.165, 1.54) is 4.90 Å². The van der Waals surface area contributed by atoms with Gasteiger partial charge in [-0.1, -0.05) is 12.8 Å². The molecule has 2 amide bonds. The molecule has 0 saturated heterocycles. The van der Waals surface area contributed by atoms with Gasteiger partial charge in [0.05, 0.1) is 18.6 Å². The van der Waals surface area contributed by atoms with E-state index in [2.05, 4.69) is 5.32 Å². The van der Waals surface area contributed by atoms with Crippen LogP contribution in [-0.4, -0.2) is 52.9 Å². The molecule has 1 rings (SSSR count). The van der Waals surface area contributed by atoms with Gasteiger partial charge in [-0.2, -0.15) is 0 Å². The predicted octanol–water partition coefficient (Wildman–Crippen LogP) is 0.406. The molecule has 0 aromatic rings. The Bertz CT molecular complexity index is 283. The molecule has 0 bridgehead atoms. The Hall–Kier alpha value is -1.30. The number of aliphatic hydroxyl groups is 1. The number of aliphatic carboxylic acids is 1. The number of carboxylic acid groups (broad SMARTS) is 1. The highest BCUT2D eigenvalue weighted by Gasteiger charge is 2.29. The van der Waals surface area contributed by atoms with Crippen LogP contribution in [0.2, 0.25) is 0 Å². The summed E-state index contributed by atoms with van der Waals surface area (Å²) in [6, 6.07) is -0.481. The van der Waals surface area contributed by atoms with Crippen LogP contribution in [0.1, 0.15) is 32.1 Å². The number of aliphatic hydroxyl groups excluding tert-OH is 1. The van der Waals surface area contributed by atoms with Gasteiger partial charge in [-0.25, -0.2) is 4.79 Å². The van der Waals surface area contributed by atoms with E-state index in [-0.39, 0.29) is 25.0 Å². The van der Waals surface area contributed by atoms with Gasteiger partial charge in [0, 0.05) is 13.6 Å². The molecule has 2 atom stereocenters. The van der Waals surface area contributed by atoms with Crippen LogP contribution in [0.25, 0.3) is 0 Å². The van der Waals surface area contributed by atoms with Gasteiger partial charge in [0.2, 0.25) is 0 Å². The van der Waals surface area contributed by atoms with E-state index in [0.717, 1.165) is 25.7 Å². The minimum absolute atomic E-state index is 0.0905. The smallest absolute Gasteiger partial charge is 0.317 e. The maximum absolute atomic E-state index is 11.7. The Kier molecular flexibility index (Phi) is 5.21. The van der Waals surface area contributed by atoms with E-state index in [1.807, 2.05) is 0 Å². The molecule has 0 radical (unpaired) electrons. The summed E-state index contributed by atoms with van der Waals surface area (Å²) in [5.41, 5.74) is 0. The molecule has 1 fully saturated rings. The molecule has 1 aliphatic rings. The molecule has 17 heavy (non-hydrogen) atoms. The van der Waals surface area contributed by atoms with Crippen molar-refractivity contribution in [2.24, 2.45) is 0 Å². The maximum atomic E-state index is 11.7. The molecule has 1 aliphatic carbocycles. The summed E-state index contributed by atoms with van der Waals surface area (Å²) in [5.74, 6) is -0.939. The van der Waals surface area contributed by atoms with Crippen molar-refractivity contribution in [2.75, 3.05) is 13.6 Å². The summed E-state index contributed by atoms with van der Waals surface area (Å²) in [7, 11) is 1.63. The molecule has 6 nitrogen and oxygen atoms in total. The molecule has 1 saturated carbocycles. The number of hydrogen-bond donors (Lipinski definition) is 3. The number of nitrogens with one attached hydrogen (secondary N) is 1. The molecule has 0 aliphatic heterocycles. The lowest BCUT2D eigenvalue weighted by atomic mass is 9.92. The molecule has 98 valence electrons. The molecule has 0 aromatic carbocycles. The molecular formula is C11H20N2O4. The highest BCUT2D eigenvalue weighted by molar-refractivity contribution is 5.75. The van der Waals surface area contributed by atoms with E-state index < -0.39 is 12.1 Å². The van der Waals surface area contributed by atoms with E-state index in [1.54, 1.807) is 7.05 Å². The van der Waals surface area contributed by atoms with E-state index in [0.29, 0.717) is 0 Å². The van der Waals surface area contributed by atoms with Crippen molar-refractivity contribution in [3.8, 4) is 0 Å². The van der Waals surface area contributed by atoms with Gasteiger partial charge in [0.15, 0.2) is 0 Å². The Morgan fingerprint density at radius 2 is 2.00 bits per heavy atom. The van der Waals surface area contributed by atoms with Crippen molar-refractivity contribution in [1.29, 1.82) is 0 Å². The van der Waals surface area contributed by atoms with Gasteiger partial charge < -0.3 is 20.4 Å². The minimum atomic E-state index is -0.939. The lowest BCUT2D eigenvalue weighted by molar-refractivity contribution is -0.136. The Morgan fingerprint density at radius 3 is 2.59 bits per heavy atom. The normalized spacial score (nSPS) is 24.1. The van der Waals surface area contributed by atoms with Gasteiger partial charge >= 0.3 is 12.0 Å². The maximum Gasteiger partial charge on any atom is 0.317 e. The molecule has 2 unspecified atom stereocenters. The number of amides is 2. The molecule has 0 aromatic heterocycles. The van der Waals surface area contributed by atoms with Crippen molar-refractivity contribution in [3.63, 3.8) is 0 Å². The van der Waals surface area contributed by atoms with Crippen molar-refractivity contribution >= 4 is 12.0 Å². The van der Waals surface area contributed by atoms with Crippen LogP contribution >= 0.6 is 0 Å². The van der Waals surface area contributed by atoms with Gasteiger partial charge in [-0.15, -0.1) is 0 Å². The first kappa shape index (κ1) is 13.8. The number of rotatable bonds is 4. The van der Waals surface area contributed by atoms with Crippen LogP contribution in [0.5, 0.6) is 0 Å². The Morgan fingerprint density at radius 1 is 1.35 bits per heavy atom. The SMILES string of the molecule is CN(C(=O)NCCC(=O)O)C1CCCCC1O. The second-order valence-corrected chi connectivity index (χ2v) is 4.41. The van der Waals surface area contributed by atoms with Gasteiger partial charge in [0.1, 0.15) is 0 Å². The van der Waals surface area contributed by atoms with E-state index >= 15 is 0 Å². The van der Waals surface area contributed by atoms with Gasteiger partial charge in [0.25, 0.3) is 0 Å². The van der Waals surface area contributed by atoms with Crippen LogP contribution in [-0.2, 0) is 4.79 Å². The summed E-state index contributed by atoms with van der Waals surface area (Å²) >= 11 is 0. The number of carbonyl (C=O) groups excluding carboxylic acids is 1. The molecule has 0 heterocycles. The second-order valence-electron chi connectivity index (χ2n) is 4.41. The third-order valence-electron chi connectivity index (χ3n) is 3.13. The van der Waals surface area contributed by atoms with Crippen LogP contribution in [0, 0.1) is 0 Å². The van der Waals surface area contributed by atoms with Crippen LogP contribution in [0.15, 0.2) is 0 Å². The second kappa shape index (κ2) is 6.44. The van der Waals surface area contributed by atoms with E-state index in [9.17, 15) is 14.7 Å². The number of carboxylic acids is 1. The third kappa shape index (κ3) is 4.22. The zero-order valence-electron chi connectivity index (χ0n) is 10.1. The molecule has 0 spiro atoms. The summed E-state index contributed by atoms with van der Waals surface area (Å²) in [6.45, 7) is 0.112. The lowest BCUT2D eigenvalue weighted by Gasteiger charge is -2.35. The fraction of sp³-hybridized carbons (Fsp3) is 0.818. The quantitative estimate of drug-likeness (QED) is 0.668. The first-order valence-corrected chi connectivity index (χ1v) is 5.93. The Labute approximate surface area is 101 Å². The number of nitrogens with zero attached hydrogens (tertiary/aromatic N) is 1. The first-order chi connectivity index (χ1) is 8.02. The summed E-state index contributed by atoms with van der Waals surface area (Å²) in [6.07, 6.45) is 2.95. The number of likely N-dealkylation sites (N-methyl/N-ethyl adjacent to an activating group) is 1. The number of urea groups is 1. The number of hydrogen-bond acceptors (Lipinski definition) is 3. The zero-order chi connectivity index (χ0) is 12.8. The van der Waals surface area contributed by atoms with Crippen molar-refractivity contribution in [2.45, 2.75) is 44.2 Å². The van der Waals surface area contributed by atoms with Gasteiger partial charge in [-0.3, -0.25) is 4.79 Å². The Balaban J connectivity index is 2.37. The average Bonchev–Trinajstić information content (AvgIpc) is 2.28. The average molecular weight is 244 g/mol. The fourth-order valence-electron chi connectivity index (χ4n) is 2.10. The number of carbonyl (C=O) groups is 2. The minimum Gasteiger partial charge on any atom is -0.481 e. The largest absolute Gasteiger partial charge is 0.481 e. The van der Waals surface area contributed by atoms with Crippen LogP contribution < -0.4 is 5.32 Å². The highest BCUT2D eigenvalue weighted by atomic mass is 16.4. The first-order valence-electron chi connectivity index (χ1n) is 5.93. The predicted molar refractivity (Wildman–Crippen MR) is 61.7 cm³/mol. The van der Waals surface area contributed by atoms with Crippen molar-refractivity contribution in [1.82, 2.24) is 10.2 Å². The van der Waals surface area contributed by atoms with E-state index in [4.69, 9.17) is 5.11 Å². The van der Waals surface area contributed by atoms with Crippen molar-refractivity contribution < 1.29 is 19.8 Å². The molecule has 3 N–H and O–H groups in total. The van der Waals surface area contributed by atoms with Crippen molar-refractivity contribution in [3.05, 3.63) is 0 Å². The highest BCUT2D eigenvalue weighted by Crippen LogP contribution is 2.22. The molecular weight excluding hydrogens is 224 g/mol. The summed E-state index contributed by atoms with van der Waals surface area (Å²) < 4.78 is 0. The fourth-order valence-corrected chi connectivity index (χ4v) is 2.10. The topological polar surface area (TPSA) is 89.9 Å².